The zero-order chi connectivity index (χ0) is 24.0. The first-order valence-electron chi connectivity index (χ1n) is 12.1. The maximum Gasteiger partial charge on any atom is 0.0331 e. The molecule has 0 aromatic heterocycles. The summed E-state index contributed by atoms with van der Waals surface area (Å²) < 4.78 is 2.61. The Morgan fingerprint density at radius 2 is 1.00 bits per heavy atom. The number of likely N-dealkylation sites (N-methyl/N-ethyl adjacent to an activating group) is 1. The van der Waals surface area contributed by atoms with Gasteiger partial charge in [-0.15, -0.1) is 0 Å². The second-order valence-corrected chi connectivity index (χ2v) is 13.4. The lowest BCUT2D eigenvalue weighted by atomic mass is 10.1. The Balaban J connectivity index is 1.51. The molecule has 1 aliphatic carbocycles. The van der Waals surface area contributed by atoms with E-state index in [2.05, 4.69) is 158 Å². The number of allylic oxidation sites excluding steroid dienone is 3. The maximum atomic E-state index is 2.61. The second kappa shape index (κ2) is 11.3. The molecule has 0 fully saturated rings. The highest BCUT2D eigenvalue weighted by atomic mass is 31.1. The summed E-state index contributed by atoms with van der Waals surface area (Å²) >= 11 is 0. The lowest BCUT2D eigenvalue weighted by Gasteiger charge is -2.38. The molecule has 0 aliphatic heterocycles. The van der Waals surface area contributed by atoms with Gasteiger partial charge in [0.15, 0.2) is 0 Å². The third-order valence-electron chi connectivity index (χ3n) is 6.63. The molecule has 4 aromatic carbocycles. The van der Waals surface area contributed by atoms with Gasteiger partial charge >= 0.3 is 0 Å². The van der Waals surface area contributed by atoms with Gasteiger partial charge in [0.05, 0.1) is 0 Å². The molecule has 0 spiro atoms. The molecular weight excluding hydrogens is 460 g/mol. The lowest BCUT2D eigenvalue weighted by molar-refractivity contribution is 0.476. The topological polar surface area (TPSA) is 3.24 Å². The van der Waals surface area contributed by atoms with Crippen LogP contribution in [0, 0.1) is 0 Å². The van der Waals surface area contributed by atoms with Crippen LogP contribution >= 0.6 is 16.0 Å². The first-order valence-corrected chi connectivity index (χ1v) is 14.8. The van der Waals surface area contributed by atoms with Crippen LogP contribution in [-0.2, 0) is 0 Å². The normalized spacial score (nSPS) is 16.1. The molecule has 1 nitrogen and oxygen atoms in total. The Bertz CT molecular complexity index is 1190. The number of benzene rings is 4. The first-order chi connectivity index (χ1) is 17.2. The average Bonchev–Trinajstić information content (AvgIpc) is 3.40. The highest BCUT2D eigenvalue weighted by Gasteiger charge is 2.34. The van der Waals surface area contributed by atoms with Crippen molar-refractivity contribution in [3.63, 3.8) is 0 Å². The van der Waals surface area contributed by atoms with Gasteiger partial charge < -0.3 is 0 Å². The fourth-order valence-corrected chi connectivity index (χ4v) is 10.0. The van der Waals surface area contributed by atoms with E-state index in [4.69, 9.17) is 0 Å². The molecule has 0 amide bonds. The van der Waals surface area contributed by atoms with Crippen molar-refractivity contribution >= 4 is 37.2 Å². The molecule has 35 heavy (non-hydrogen) atoms. The summed E-state index contributed by atoms with van der Waals surface area (Å²) in [5, 5.41) is 5.64. The molecule has 174 valence electrons. The number of nitrogens with zero attached hydrogens (tertiary/aromatic N) is 1. The van der Waals surface area contributed by atoms with E-state index in [1.54, 1.807) is 0 Å². The maximum absolute atomic E-state index is 2.61. The third kappa shape index (κ3) is 5.24. The van der Waals surface area contributed by atoms with Crippen molar-refractivity contribution in [2.24, 2.45) is 0 Å². The van der Waals surface area contributed by atoms with Crippen LogP contribution in [0.2, 0.25) is 0 Å². The Hall–Kier alpha value is -2.82. The fraction of sp³-hybridized carbons (Fsp3) is 0.125. The van der Waals surface area contributed by atoms with Crippen molar-refractivity contribution in [2.75, 3.05) is 7.05 Å². The molecule has 0 bridgehead atoms. The molecule has 0 N–H and O–H groups in total. The second-order valence-electron chi connectivity index (χ2n) is 8.77. The van der Waals surface area contributed by atoms with Gasteiger partial charge in [0.2, 0.25) is 0 Å². The zero-order valence-corrected chi connectivity index (χ0v) is 22.1. The van der Waals surface area contributed by atoms with E-state index in [0.29, 0.717) is 11.7 Å². The van der Waals surface area contributed by atoms with Crippen molar-refractivity contribution in [1.29, 1.82) is 0 Å². The van der Waals surface area contributed by atoms with Crippen LogP contribution in [0.4, 0.5) is 0 Å². The molecular formula is C32H31NP2. The molecule has 0 saturated heterocycles. The summed E-state index contributed by atoms with van der Waals surface area (Å²) in [6.07, 6.45) is 7.08. The monoisotopic (exact) mass is 491 g/mol. The van der Waals surface area contributed by atoms with Crippen LogP contribution in [0.15, 0.2) is 145 Å². The highest BCUT2D eigenvalue weighted by molar-refractivity contribution is 7.74. The summed E-state index contributed by atoms with van der Waals surface area (Å²) in [7, 11) is 1.11. The van der Waals surface area contributed by atoms with Crippen molar-refractivity contribution in [1.82, 2.24) is 4.67 Å². The molecule has 0 saturated carbocycles. The predicted octanol–water partition coefficient (Wildman–Crippen LogP) is 6.35. The van der Waals surface area contributed by atoms with Crippen LogP contribution < -0.4 is 21.2 Å². The van der Waals surface area contributed by atoms with Crippen molar-refractivity contribution in [2.45, 2.75) is 18.6 Å². The number of rotatable bonds is 8. The minimum absolute atomic E-state index is 0.305. The molecule has 0 heterocycles. The molecule has 2 atom stereocenters. The van der Waals surface area contributed by atoms with Crippen molar-refractivity contribution in [3.05, 3.63) is 145 Å². The summed E-state index contributed by atoms with van der Waals surface area (Å²) in [4.78, 5) is 0. The van der Waals surface area contributed by atoms with Crippen LogP contribution in [0.5, 0.6) is 0 Å². The van der Waals surface area contributed by atoms with E-state index in [1.165, 1.54) is 26.8 Å². The molecule has 1 aliphatic rings. The van der Waals surface area contributed by atoms with Gasteiger partial charge in [-0.3, -0.25) is 4.67 Å². The largest absolute Gasteiger partial charge is 0.271 e. The Morgan fingerprint density at radius 3 is 1.43 bits per heavy atom. The molecule has 5 rings (SSSR count). The van der Waals surface area contributed by atoms with E-state index < -0.39 is 16.0 Å². The van der Waals surface area contributed by atoms with Gasteiger partial charge in [-0.2, -0.15) is 0 Å². The number of hydrogen-bond acceptors (Lipinski definition) is 1. The average molecular weight is 492 g/mol. The molecule has 3 heteroatoms. The van der Waals surface area contributed by atoms with E-state index in [1.807, 2.05) is 0 Å². The first kappa shape index (κ1) is 23.9. The molecule has 4 aromatic rings. The molecule has 1 unspecified atom stereocenters. The Kier molecular flexibility index (Phi) is 7.70. The van der Waals surface area contributed by atoms with Gasteiger partial charge in [-0.25, -0.2) is 0 Å². The van der Waals surface area contributed by atoms with Crippen LogP contribution in [-0.4, -0.2) is 23.4 Å². The minimum Gasteiger partial charge on any atom is -0.271 e. The van der Waals surface area contributed by atoms with Crippen LogP contribution in [0.25, 0.3) is 0 Å². The van der Waals surface area contributed by atoms with E-state index in [9.17, 15) is 0 Å². The smallest absolute Gasteiger partial charge is 0.0331 e. The van der Waals surface area contributed by atoms with Crippen LogP contribution in [0.3, 0.4) is 0 Å². The Morgan fingerprint density at radius 1 is 0.600 bits per heavy atom. The van der Waals surface area contributed by atoms with Gasteiger partial charge in [-0.1, -0.05) is 140 Å². The number of hydrogen-bond donors (Lipinski definition) is 0. The van der Waals surface area contributed by atoms with Crippen LogP contribution in [0.1, 0.15) is 6.92 Å². The lowest BCUT2D eigenvalue weighted by Crippen LogP contribution is -2.36. The molecule has 0 radical (unpaired) electrons. The van der Waals surface area contributed by atoms with E-state index in [0.717, 1.165) is 0 Å². The summed E-state index contributed by atoms with van der Waals surface area (Å²) in [6.45, 7) is 2.39. The van der Waals surface area contributed by atoms with Gasteiger partial charge in [0, 0.05) is 19.8 Å². The van der Waals surface area contributed by atoms with Crippen molar-refractivity contribution < 1.29 is 0 Å². The summed E-state index contributed by atoms with van der Waals surface area (Å²) in [5.41, 5.74) is 1.89. The minimum atomic E-state index is -0.643. The summed E-state index contributed by atoms with van der Waals surface area (Å²) in [6, 6.07) is 44.4. The highest BCUT2D eigenvalue weighted by Crippen LogP contribution is 2.49. The van der Waals surface area contributed by atoms with Crippen molar-refractivity contribution in [3.8, 4) is 0 Å². The van der Waals surface area contributed by atoms with Gasteiger partial charge in [-0.05, 0) is 48.7 Å². The van der Waals surface area contributed by atoms with Gasteiger partial charge in [0.1, 0.15) is 0 Å². The quantitative estimate of drug-likeness (QED) is 0.260. The standard InChI is InChI=1S/C32H31NP2/c1-26(33(2)35(29-20-11-5-12-21-29)30-22-13-6-14-23-30)31-24-15-25-32(31)34(27-16-7-3-8-17-27)28-18-9-4-10-19-28/h3-26,32H,1-2H3/t26-,32?/m1/s1. The predicted molar refractivity (Wildman–Crippen MR) is 156 cm³/mol. The SMILES string of the molecule is C[C@H](C1=CC=CC1P(c1ccccc1)c1ccccc1)N(C)P(c1ccccc1)c1ccccc1. The van der Waals surface area contributed by atoms with E-state index in [-0.39, 0.29) is 0 Å². The zero-order valence-electron chi connectivity index (χ0n) is 20.3. The summed E-state index contributed by atoms with van der Waals surface area (Å²) in [5.74, 6) is 0. The fourth-order valence-electron chi connectivity index (χ4n) is 4.79. The third-order valence-corrected chi connectivity index (χ3v) is 11.9. The Labute approximate surface area is 212 Å². The van der Waals surface area contributed by atoms with E-state index >= 15 is 0 Å². The van der Waals surface area contributed by atoms with Gasteiger partial charge in [0.25, 0.3) is 0 Å².